The topological polar surface area (TPSA) is 94.8 Å². The molecule has 0 aliphatic carbocycles. The molecule has 3 rings (SSSR count). The molecule has 120 valence electrons. The molecule has 1 aromatic heterocycles. The smallest absolute Gasteiger partial charge is 0.306 e. The second-order valence-electron chi connectivity index (χ2n) is 5.67. The Hall–Kier alpha value is -2.54. The van der Waals surface area contributed by atoms with Gasteiger partial charge in [0.15, 0.2) is 0 Å². The maximum atomic E-state index is 12.4. The van der Waals surface area contributed by atoms with Crippen molar-refractivity contribution in [2.45, 2.75) is 24.7 Å². The molecule has 3 N–H and O–H groups in total. The van der Waals surface area contributed by atoms with E-state index in [1.54, 1.807) is 30.3 Å². The predicted octanol–water partition coefficient (Wildman–Crippen LogP) is 2.78. The van der Waals surface area contributed by atoms with E-state index < -0.39 is 10.0 Å². The molecule has 7 heteroatoms. The first-order valence-corrected chi connectivity index (χ1v) is 8.68. The molecule has 0 saturated carbocycles. The van der Waals surface area contributed by atoms with Crippen LogP contribution < -0.4 is 10.4 Å². The van der Waals surface area contributed by atoms with Crippen molar-refractivity contribution in [3.05, 3.63) is 58.5 Å². The Morgan fingerprint density at radius 1 is 0.957 bits per heavy atom. The summed E-state index contributed by atoms with van der Waals surface area (Å²) >= 11 is 0. The van der Waals surface area contributed by atoms with Gasteiger partial charge in [-0.15, -0.1) is 0 Å². The lowest BCUT2D eigenvalue weighted by molar-refractivity contribution is 0.601. The maximum Gasteiger partial charge on any atom is 0.323 e. The molecule has 0 atom stereocenters. The highest BCUT2D eigenvalue weighted by molar-refractivity contribution is 7.92. The average Bonchev–Trinajstić information content (AvgIpc) is 2.86. The summed E-state index contributed by atoms with van der Waals surface area (Å²) in [6.07, 6.45) is 0. The monoisotopic (exact) mass is 331 g/mol. The second-order valence-corrected chi connectivity index (χ2v) is 7.35. The van der Waals surface area contributed by atoms with Crippen LogP contribution in [0.4, 0.5) is 5.69 Å². The van der Waals surface area contributed by atoms with Crippen molar-refractivity contribution in [3.8, 4) is 0 Å². The van der Waals surface area contributed by atoms with Gasteiger partial charge in [0.2, 0.25) is 0 Å². The third-order valence-corrected chi connectivity index (χ3v) is 5.02. The Labute approximate surface area is 133 Å². The fourth-order valence-electron chi connectivity index (χ4n) is 2.34. The summed E-state index contributed by atoms with van der Waals surface area (Å²) in [6.45, 7) is 4.10. The fourth-order valence-corrected chi connectivity index (χ4v) is 3.39. The summed E-state index contributed by atoms with van der Waals surface area (Å²) in [4.78, 5) is 16.6. The Morgan fingerprint density at radius 2 is 1.61 bits per heavy atom. The molecule has 0 amide bonds. The number of benzene rings is 2. The zero-order chi connectivity index (χ0) is 16.6. The maximum absolute atomic E-state index is 12.4. The Bertz CT molecular complexity index is 999. The van der Waals surface area contributed by atoms with Gasteiger partial charge in [-0.3, -0.25) is 4.72 Å². The third kappa shape index (κ3) is 3.14. The average molecular weight is 331 g/mol. The lowest BCUT2D eigenvalue weighted by Gasteiger charge is -2.10. The number of fused-ring (bicyclic) bond motifs is 1. The number of aromatic nitrogens is 2. The molecule has 23 heavy (non-hydrogen) atoms. The van der Waals surface area contributed by atoms with Gasteiger partial charge >= 0.3 is 5.69 Å². The van der Waals surface area contributed by atoms with Gasteiger partial charge in [-0.2, -0.15) is 0 Å². The van der Waals surface area contributed by atoms with Gasteiger partial charge < -0.3 is 9.97 Å². The van der Waals surface area contributed by atoms with Crippen molar-refractivity contribution >= 4 is 26.7 Å². The third-order valence-electron chi connectivity index (χ3n) is 3.63. The van der Waals surface area contributed by atoms with Gasteiger partial charge in [-0.1, -0.05) is 26.0 Å². The van der Waals surface area contributed by atoms with Gasteiger partial charge in [0, 0.05) is 0 Å². The first-order chi connectivity index (χ1) is 10.8. The number of anilines is 1. The highest BCUT2D eigenvalue weighted by atomic mass is 32.2. The Balaban J connectivity index is 1.90. The van der Waals surface area contributed by atoms with Crippen LogP contribution >= 0.6 is 0 Å². The van der Waals surface area contributed by atoms with E-state index in [1.807, 2.05) is 12.1 Å². The number of sulfonamides is 1. The number of nitrogens with one attached hydrogen (secondary N) is 3. The van der Waals surface area contributed by atoms with Gasteiger partial charge in [0.25, 0.3) is 10.0 Å². The Morgan fingerprint density at radius 3 is 2.26 bits per heavy atom. The molecule has 0 unspecified atom stereocenters. The molecule has 0 spiro atoms. The van der Waals surface area contributed by atoms with Crippen LogP contribution in [-0.4, -0.2) is 18.4 Å². The molecular weight excluding hydrogens is 314 g/mol. The molecule has 0 bridgehead atoms. The fraction of sp³-hybridized carbons (Fsp3) is 0.188. The van der Waals surface area contributed by atoms with Crippen LogP contribution in [0.5, 0.6) is 0 Å². The number of aromatic amines is 2. The molecule has 1 heterocycles. The van der Waals surface area contributed by atoms with E-state index in [-0.39, 0.29) is 10.6 Å². The quantitative estimate of drug-likeness (QED) is 0.686. The second kappa shape index (κ2) is 5.58. The largest absolute Gasteiger partial charge is 0.323 e. The minimum Gasteiger partial charge on any atom is -0.306 e. The lowest BCUT2D eigenvalue weighted by atomic mass is 10.0. The zero-order valence-electron chi connectivity index (χ0n) is 12.8. The van der Waals surface area contributed by atoms with Crippen molar-refractivity contribution in [3.63, 3.8) is 0 Å². The first-order valence-electron chi connectivity index (χ1n) is 7.20. The van der Waals surface area contributed by atoms with E-state index in [1.165, 1.54) is 0 Å². The highest BCUT2D eigenvalue weighted by Gasteiger charge is 2.15. The minimum absolute atomic E-state index is 0.199. The number of hydrogen-bond donors (Lipinski definition) is 3. The van der Waals surface area contributed by atoms with Crippen molar-refractivity contribution in [1.29, 1.82) is 0 Å². The minimum atomic E-state index is -3.67. The van der Waals surface area contributed by atoms with Gasteiger partial charge in [-0.25, -0.2) is 13.2 Å². The molecular formula is C16H17N3O3S. The molecule has 3 aromatic rings. The van der Waals surface area contributed by atoms with E-state index in [4.69, 9.17) is 0 Å². The van der Waals surface area contributed by atoms with Crippen LogP contribution in [-0.2, 0) is 10.0 Å². The summed E-state index contributed by atoms with van der Waals surface area (Å²) < 4.78 is 27.4. The van der Waals surface area contributed by atoms with E-state index in [0.717, 1.165) is 5.56 Å². The standard InChI is InChI=1S/C16H17N3O3S/c1-10(2)11-3-6-13(7-4-11)23(21,22)19-12-5-8-14-15(9-12)18-16(20)17-14/h3-10,19H,1-2H3,(H2,17,18,20). The summed E-state index contributed by atoms with van der Waals surface area (Å²) in [7, 11) is -3.67. The van der Waals surface area contributed by atoms with E-state index in [9.17, 15) is 13.2 Å². The highest BCUT2D eigenvalue weighted by Crippen LogP contribution is 2.21. The number of rotatable bonds is 4. The Kier molecular flexibility index (Phi) is 3.73. The normalized spacial score (nSPS) is 12.0. The molecule has 6 nitrogen and oxygen atoms in total. The molecule has 0 aliphatic rings. The number of H-pyrrole nitrogens is 2. The SMILES string of the molecule is CC(C)c1ccc(S(=O)(=O)Nc2ccc3[nH]c(=O)[nH]c3c2)cc1. The summed E-state index contributed by atoms with van der Waals surface area (Å²) in [5.74, 6) is 0.340. The van der Waals surface area contributed by atoms with Crippen molar-refractivity contribution in [1.82, 2.24) is 9.97 Å². The predicted molar refractivity (Wildman–Crippen MR) is 90.3 cm³/mol. The summed E-state index contributed by atoms with van der Waals surface area (Å²) in [5, 5.41) is 0. The van der Waals surface area contributed by atoms with Gasteiger partial charge in [0.1, 0.15) is 0 Å². The van der Waals surface area contributed by atoms with E-state index >= 15 is 0 Å². The lowest BCUT2D eigenvalue weighted by Crippen LogP contribution is -2.13. The zero-order valence-corrected chi connectivity index (χ0v) is 13.6. The van der Waals surface area contributed by atoms with Gasteiger partial charge in [0.05, 0.1) is 21.6 Å². The first kappa shape index (κ1) is 15.4. The van der Waals surface area contributed by atoms with Crippen LogP contribution in [0, 0.1) is 0 Å². The van der Waals surface area contributed by atoms with Crippen LogP contribution in [0.1, 0.15) is 25.3 Å². The number of imidazole rings is 1. The van der Waals surface area contributed by atoms with Crippen molar-refractivity contribution in [2.75, 3.05) is 4.72 Å². The van der Waals surface area contributed by atoms with Crippen molar-refractivity contribution < 1.29 is 8.42 Å². The molecule has 2 aromatic carbocycles. The van der Waals surface area contributed by atoms with Crippen LogP contribution in [0.15, 0.2) is 52.2 Å². The molecule has 0 radical (unpaired) electrons. The van der Waals surface area contributed by atoms with E-state index in [0.29, 0.717) is 22.6 Å². The van der Waals surface area contributed by atoms with Crippen molar-refractivity contribution in [2.24, 2.45) is 0 Å². The molecule has 0 saturated heterocycles. The summed E-state index contributed by atoms with van der Waals surface area (Å²) in [6, 6.07) is 11.6. The van der Waals surface area contributed by atoms with E-state index in [2.05, 4.69) is 28.5 Å². The van der Waals surface area contributed by atoms with Crippen LogP contribution in [0.3, 0.4) is 0 Å². The van der Waals surface area contributed by atoms with Crippen LogP contribution in [0.2, 0.25) is 0 Å². The summed E-state index contributed by atoms with van der Waals surface area (Å²) in [5.41, 5.74) is 2.31. The molecule has 0 aliphatic heterocycles. The van der Waals surface area contributed by atoms with Crippen LogP contribution in [0.25, 0.3) is 11.0 Å². The molecule has 0 fully saturated rings. The number of hydrogen-bond acceptors (Lipinski definition) is 3. The van der Waals surface area contributed by atoms with Gasteiger partial charge in [-0.05, 0) is 41.8 Å².